The highest BCUT2D eigenvalue weighted by Gasteiger charge is 2.34. The van der Waals surface area contributed by atoms with Gasteiger partial charge >= 0.3 is 5.97 Å². The molecule has 116 valence electrons. The van der Waals surface area contributed by atoms with Crippen LogP contribution in [0.2, 0.25) is 0 Å². The van der Waals surface area contributed by atoms with Crippen LogP contribution in [0.1, 0.15) is 24.6 Å². The topological polar surface area (TPSA) is 69.6 Å². The summed E-state index contributed by atoms with van der Waals surface area (Å²) in [4.78, 5) is 26.4. The Bertz CT molecular complexity index is 475. The van der Waals surface area contributed by atoms with E-state index in [-0.39, 0.29) is 18.4 Å². The summed E-state index contributed by atoms with van der Waals surface area (Å²) in [6.07, 6.45) is 2.68. The van der Waals surface area contributed by atoms with Crippen molar-refractivity contribution in [2.24, 2.45) is 5.92 Å². The van der Waals surface area contributed by atoms with Crippen molar-refractivity contribution < 1.29 is 14.7 Å². The first-order valence-corrected chi connectivity index (χ1v) is 8.22. The minimum Gasteiger partial charge on any atom is -0.480 e. The van der Waals surface area contributed by atoms with E-state index in [1.165, 1.54) is 4.88 Å². The van der Waals surface area contributed by atoms with Gasteiger partial charge in [-0.25, -0.2) is 0 Å². The SMILES string of the molecule is CC1CCCN(CC(=O)NCCc2cccs2)C1C(=O)O. The average Bonchev–Trinajstić information content (AvgIpc) is 2.91. The number of likely N-dealkylation sites (tertiary alicyclic amines) is 1. The molecule has 1 fully saturated rings. The van der Waals surface area contributed by atoms with Gasteiger partial charge in [-0.15, -0.1) is 11.3 Å². The number of rotatable bonds is 6. The molecule has 2 rings (SSSR count). The minimum absolute atomic E-state index is 0.0908. The Morgan fingerprint density at radius 3 is 3.00 bits per heavy atom. The normalized spacial score (nSPS) is 22.9. The first-order valence-electron chi connectivity index (χ1n) is 7.34. The maximum atomic E-state index is 12.0. The Labute approximate surface area is 129 Å². The Hall–Kier alpha value is -1.40. The maximum absolute atomic E-state index is 12.0. The Morgan fingerprint density at radius 1 is 1.52 bits per heavy atom. The van der Waals surface area contributed by atoms with E-state index in [1.54, 1.807) is 16.2 Å². The number of thiophene rings is 1. The summed E-state index contributed by atoms with van der Waals surface area (Å²) in [5, 5.41) is 14.2. The van der Waals surface area contributed by atoms with Crippen molar-refractivity contribution in [3.05, 3.63) is 22.4 Å². The molecule has 0 aromatic carbocycles. The summed E-state index contributed by atoms with van der Waals surface area (Å²) in [5.41, 5.74) is 0. The first kappa shape index (κ1) is 16.0. The zero-order valence-corrected chi connectivity index (χ0v) is 13.1. The van der Waals surface area contributed by atoms with Gasteiger partial charge in [0.15, 0.2) is 0 Å². The molecule has 2 heterocycles. The van der Waals surface area contributed by atoms with Gasteiger partial charge < -0.3 is 10.4 Å². The number of aliphatic carboxylic acids is 1. The van der Waals surface area contributed by atoms with E-state index in [1.807, 2.05) is 24.4 Å². The van der Waals surface area contributed by atoms with Crippen LogP contribution < -0.4 is 5.32 Å². The van der Waals surface area contributed by atoms with Crippen LogP contribution >= 0.6 is 11.3 Å². The second-order valence-corrected chi connectivity index (χ2v) is 6.58. The molecule has 0 radical (unpaired) electrons. The second kappa shape index (κ2) is 7.56. The quantitative estimate of drug-likeness (QED) is 0.837. The number of nitrogens with one attached hydrogen (secondary N) is 1. The van der Waals surface area contributed by atoms with Gasteiger partial charge in [0.2, 0.25) is 5.91 Å². The average molecular weight is 310 g/mol. The predicted molar refractivity (Wildman–Crippen MR) is 82.4 cm³/mol. The van der Waals surface area contributed by atoms with Crippen LogP contribution in [0, 0.1) is 5.92 Å². The molecule has 1 aliphatic heterocycles. The molecule has 1 saturated heterocycles. The molecule has 2 N–H and O–H groups in total. The van der Waals surface area contributed by atoms with Crippen LogP contribution in [-0.2, 0) is 16.0 Å². The number of piperidine rings is 1. The van der Waals surface area contributed by atoms with E-state index in [0.29, 0.717) is 13.1 Å². The van der Waals surface area contributed by atoms with E-state index >= 15 is 0 Å². The van der Waals surface area contributed by atoms with Crippen molar-refractivity contribution in [1.82, 2.24) is 10.2 Å². The summed E-state index contributed by atoms with van der Waals surface area (Å²) in [5.74, 6) is -0.823. The molecule has 1 amide bonds. The zero-order valence-electron chi connectivity index (χ0n) is 12.2. The number of hydrogen-bond donors (Lipinski definition) is 2. The fraction of sp³-hybridized carbons (Fsp3) is 0.600. The predicted octanol–water partition coefficient (Wildman–Crippen LogP) is 1.59. The number of carbonyl (C=O) groups is 2. The van der Waals surface area contributed by atoms with E-state index < -0.39 is 12.0 Å². The van der Waals surface area contributed by atoms with Gasteiger partial charge in [0.1, 0.15) is 6.04 Å². The van der Waals surface area contributed by atoms with Crippen LogP contribution in [0.5, 0.6) is 0 Å². The van der Waals surface area contributed by atoms with Crippen molar-refractivity contribution in [1.29, 1.82) is 0 Å². The van der Waals surface area contributed by atoms with Crippen molar-refractivity contribution in [3.8, 4) is 0 Å². The third kappa shape index (κ3) is 4.54. The third-order valence-corrected chi connectivity index (χ3v) is 4.85. The summed E-state index contributed by atoms with van der Waals surface area (Å²) in [6.45, 7) is 3.39. The summed E-state index contributed by atoms with van der Waals surface area (Å²) < 4.78 is 0. The van der Waals surface area contributed by atoms with Gasteiger partial charge in [-0.2, -0.15) is 0 Å². The molecule has 0 spiro atoms. The lowest BCUT2D eigenvalue weighted by molar-refractivity contribution is -0.147. The highest BCUT2D eigenvalue weighted by Crippen LogP contribution is 2.23. The lowest BCUT2D eigenvalue weighted by atomic mass is 9.91. The molecule has 0 saturated carbocycles. The van der Waals surface area contributed by atoms with Crippen LogP contribution in [0.4, 0.5) is 0 Å². The molecular formula is C15H22N2O3S. The van der Waals surface area contributed by atoms with Crippen molar-refractivity contribution in [3.63, 3.8) is 0 Å². The number of amides is 1. The number of hydrogen-bond acceptors (Lipinski definition) is 4. The van der Waals surface area contributed by atoms with Crippen LogP contribution in [0.25, 0.3) is 0 Å². The van der Waals surface area contributed by atoms with Gasteiger partial charge in [0.25, 0.3) is 0 Å². The molecule has 0 aliphatic carbocycles. The van der Waals surface area contributed by atoms with Gasteiger partial charge in [0.05, 0.1) is 6.54 Å². The zero-order chi connectivity index (χ0) is 15.2. The van der Waals surface area contributed by atoms with Crippen molar-refractivity contribution >= 4 is 23.2 Å². The minimum atomic E-state index is -0.825. The number of carboxylic acid groups (broad SMARTS) is 1. The summed E-state index contributed by atoms with van der Waals surface area (Å²) in [6, 6.07) is 3.50. The molecule has 0 bridgehead atoms. The van der Waals surface area contributed by atoms with Crippen LogP contribution in [0.15, 0.2) is 17.5 Å². The monoisotopic (exact) mass is 310 g/mol. The molecule has 1 aromatic rings. The van der Waals surface area contributed by atoms with E-state index in [4.69, 9.17) is 0 Å². The lowest BCUT2D eigenvalue weighted by Crippen LogP contribution is -2.52. The van der Waals surface area contributed by atoms with E-state index in [0.717, 1.165) is 19.3 Å². The van der Waals surface area contributed by atoms with Gasteiger partial charge in [-0.05, 0) is 43.2 Å². The fourth-order valence-electron chi connectivity index (χ4n) is 2.87. The highest BCUT2D eigenvalue weighted by molar-refractivity contribution is 7.09. The van der Waals surface area contributed by atoms with Crippen molar-refractivity contribution in [2.75, 3.05) is 19.6 Å². The molecular weight excluding hydrogens is 288 g/mol. The molecule has 1 aliphatic rings. The molecule has 5 nitrogen and oxygen atoms in total. The number of carboxylic acids is 1. The van der Waals surface area contributed by atoms with E-state index in [9.17, 15) is 14.7 Å². The molecule has 21 heavy (non-hydrogen) atoms. The Morgan fingerprint density at radius 2 is 2.33 bits per heavy atom. The molecule has 2 unspecified atom stereocenters. The standard InChI is InChI=1S/C15H22N2O3S/c1-11-4-2-8-17(14(11)15(19)20)10-13(18)16-7-6-12-5-3-9-21-12/h3,5,9,11,14H,2,4,6-8,10H2,1H3,(H,16,18)(H,19,20). The largest absolute Gasteiger partial charge is 0.480 e. The third-order valence-electron chi connectivity index (χ3n) is 3.91. The molecule has 1 aromatic heterocycles. The van der Waals surface area contributed by atoms with Gasteiger partial charge in [-0.3, -0.25) is 14.5 Å². The Kier molecular flexibility index (Phi) is 5.76. The van der Waals surface area contributed by atoms with Crippen molar-refractivity contribution in [2.45, 2.75) is 32.2 Å². The number of carbonyl (C=O) groups excluding carboxylic acids is 1. The van der Waals surface area contributed by atoms with Crippen LogP contribution in [0.3, 0.4) is 0 Å². The maximum Gasteiger partial charge on any atom is 0.321 e. The number of nitrogens with zero attached hydrogens (tertiary/aromatic N) is 1. The summed E-state index contributed by atoms with van der Waals surface area (Å²) >= 11 is 1.68. The van der Waals surface area contributed by atoms with Gasteiger partial charge in [0, 0.05) is 11.4 Å². The summed E-state index contributed by atoms with van der Waals surface area (Å²) in [7, 11) is 0. The Balaban J connectivity index is 1.79. The fourth-order valence-corrected chi connectivity index (χ4v) is 3.58. The highest BCUT2D eigenvalue weighted by atomic mass is 32.1. The second-order valence-electron chi connectivity index (χ2n) is 5.55. The lowest BCUT2D eigenvalue weighted by Gasteiger charge is -2.36. The molecule has 2 atom stereocenters. The van der Waals surface area contributed by atoms with Crippen LogP contribution in [-0.4, -0.2) is 47.6 Å². The van der Waals surface area contributed by atoms with Gasteiger partial charge in [-0.1, -0.05) is 13.0 Å². The molecule has 6 heteroatoms. The smallest absolute Gasteiger partial charge is 0.321 e. The first-order chi connectivity index (χ1) is 10.1. The van der Waals surface area contributed by atoms with E-state index in [2.05, 4.69) is 5.32 Å².